The first-order valence-corrected chi connectivity index (χ1v) is 4.36. The molecule has 2 aliphatic rings. The maximum atomic E-state index is 11.2. The predicted molar refractivity (Wildman–Crippen MR) is 43.9 cm³/mol. The lowest BCUT2D eigenvalue weighted by molar-refractivity contribution is 0.107. The highest BCUT2D eigenvalue weighted by Crippen LogP contribution is 2.22. The minimum absolute atomic E-state index is 0.187. The van der Waals surface area contributed by atoms with E-state index in [4.69, 9.17) is 0 Å². The van der Waals surface area contributed by atoms with Gasteiger partial charge in [-0.3, -0.25) is 0 Å². The molecule has 0 aromatic carbocycles. The summed E-state index contributed by atoms with van der Waals surface area (Å²) in [6.07, 6.45) is 1.03. The first-order chi connectivity index (χ1) is 5.79. The molecule has 4 nitrogen and oxygen atoms in total. The van der Waals surface area contributed by atoms with E-state index in [9.17, 15) is 4.79 Å². The summed E-state index contributed by atoms with van der Waals surface area (Å²) in [5.41, 5.74) is 0. The van der Waals surface area contributed by atoms with Crippen molar-refractivity contribution in [3.8, 4) is 0 Å². The first kappa shape index (κ1) is 7.86. The van der Waals surface area contributed by atoms with Gasteiger partial charge in [0, 0.05) is 25.7 Å². The fraction of sp³-hybridized carbons (Fsp3) is 0.875. The van der Waals surface area contributed by atoms with Crippen LogP contribution in [0.1, 0.15) is 6.42 Å². The Morgan fingerprint density at radius 2 is 2.42 bits per heavy atom. The lowest BCUT2D eigenvalue weighted by Gasteiger charge is -2.29. The van der Waals surface area contributed by atoms with Crippen LogP contribution in [0.2, 0.25) is 0 Å². The molecule has 2 rings (SSSR count). The molecule has 1 N–H and O–H groups in total. The topological polar surface area (TPSA) is 41.6 Å². The molecule has 0 aromatic heterocycles. The van der Waals surface area contributed by atoms with Crippen LogP contribution in [0.15, 0.2) is 0 Å². The molecule has 4 heteroatoms. The number of hydrogen-bond donors (Lipinski definition) is 1. The number of nitrogens with zero attached hydrogens (tertiary/aromatic N) is 1. The summed E-state index contributed by atoms with van der Waals surface area (Å²) >= 11 is 0. The standard InChI is InChI=1S/C8H14N2O2/c1-12-8(11)10-4-6-2-7(5-10)9-3-6/h6-7,9H,2-5H2,1H3. The number of ether oxygens (including phenoxy) is 1. The second-order valence-corrected chi connectivity index (χ2v) is 3.58. The lowest BCUT2D eigenvalue weighted by atomic mass is 10.0. The van der Waals surface area contributed by atoms with E-state index < -0.39 is 0 Å². The number of hydrogen-bond acceptors (Lipinski definition) is 3. The van der Waals surface area contributed by atoms with Gasteiger partial charge in [0.15, 0.2) is 0 Å². The first-order valence-electron chi connectivity index (χ1n) is 4.36. The summed E-state index contributed by atoms with van der Waals surface area (Å²) in [6.45, 7) is 2.72. The number of nitrogens with one attached hydrogen (secondary N) is 1. The van der Waals surface area contributed by atoms with Crippen LogP contribution < -0.4 is 5.32 Å². The summed E-state index contributed by atoms with van der Waals surface area (Å²) in [6, 6.07) is 0.503. The highest BCUT2D eigenvalue weighted by Gasteiger charge is 2.34. The van der Waals surface area contributed by atoms with Crippen molar-refractivity contribution in [2.75, 3.05) is 26.7 Å². The average Bonchev–Trinajstić information content (AvgIpc) is 2.44. The van der Waals surface area contributed by atoms with Crippen LogP contribution in [0.3, 0.4) is 0 Å². The number of amides is 1. The molecule has 2 bridgehead atoms. The fourth-order valence-corrected chi connectivity index (χ4v) is 2.11. The summed E-state index contributed by atoms with van der Waals surface area (Å²) in [5, 5.41) is 3.38. The fourth-order valence-electron chi connectivity index (χ4n) is 2.11. The number of piperidine rings is 1. The van der Waals surface area contributed by atoms with Gasteiger partial charge < -0.3 is 15.0 Å². The number of carbonyl (C=O) groups excluding carboxylic acids is 1. The lowest BCUT2D eigenvalue weighted by Crippen LogP contribution is -2.44. The molecule has 2 fully saturated rings. The molecule has 2 unspecified atom stereocenters. The Kier molecular flexibility index (Phi) is 1.92. The Labute approximate surface area is 71.9 Å². The molecular formula is C8H14N2O2. The van der Waals surface area contributed by atoms with Crippen molar-refractivity contribution in [1.82, 2.24) is 10.2 Å². The van der Waals surface area contributed by atoms with E-state index in [-0.39, 0.29) is 6.09 Å². The molecule has 2 aliphatic heterocycles. The predicted octanol–water partition coefficient (Wildman–Crippen LogP) is 0.0465. The zero-order valence-corrected chi connectivity index (χ0v) is 7.25. The zero-order valence-electron chi connectivity index (χ0n) is 7.25. The molecule has 2 saturated heterocycles. The Morgan fingerprint density at radius 1 is 1.58 bits per heavy atom. The third kappa shape index (κ3) is 1.27. The number of rotatable bonds is 0. The summed E-state index contributed by atoms with van der Waals surface area (Å²) in [4.78, 5) is 13.0. The van der Waals surface area contributed by atoms with Gasteiger partial charge >= 0.3 is 6.09 Å². The van der Waals surface area contributed by atoms with E-state index in [0.717, 1.165) is 19.6 Å². The molecular weight excluding hydrogens is 156 g/mol. The molecule has 0 aromatic rings. The van der Waals surface area contributed by atoms with Crippen molar-refractivity contribution in [3.05, 3.63) is 0 Å². The molecule has 0 saturated carbocycles. The minimum Gasteiger partial charge on any atom is -0.453 e. The van der Waals surface area contributed by atoms with E-state index in [1.54, 1.807) is 4.90 Å². The molecule has 68 valence electrons. The monoisotopic (exact) mass is 170 g/mol. The van der Waals surface area contributed by atoms with Crippen LogP contribution in [-0.2, 0) is 4.74 Å². The van der Waals surface area contributed by atoms with Gasteiger partial charge in [-0.15, -0.1) is 0 Å². The third-order valence-electron chi connectivity index (χ3n) is 2.67. The van der Waals surface area contributed by atoms with Gasteiger partial charge in [0.05, 0.1) is 7.11 Å². The van der Waals surface area contributed by atoms with Crippen LogP contribution in [0.5, 0.6) is 0 Å². The molecule has 0 aliphatic carbocycles. The maximum Gasteiger partial charge on any atom is 0.409 e. The van der Waals surface area contributed by atoms with E-state index >= 15 is 0 Å². The van der Waals surface area contributed by atoms with Crippen molar-refractivity contribution in [1.29, 1.82) is 0 Å². The second kappa shape index (κ2) is 2.94. The van der Waals surface area contributed by atoms with Gasteiger partial charge in [0.25, 0.3) is 0 Å². The molecule has 1 amide bonds. The van der Waals surface area contributed by atoms with Crippen LogP contribution >= 0.6 is 0 Å². The normalized spacial score (nSPS) is 33.6. The quantitative estimate of drug-likeness (QED) is 0.558. The summed E-state index contributed by atoms with van der Waals surface area (Å²) < 4.78 is 4.67. The Morgan fingerprint density at radius 3 is 3.08 bits per heavy atom. The molecule has 0 radical (unpaired) electrons. The van der Waals surface area contributed by atoms with E-state index in [1.807, 2.05) is 0 Å². The largest absolute Gasteiger partial charge is 0.453 e. The van der Waals surface area contributed by atoms with Gasteiger partial charge in [-0.05, 0) is 12.3 Å². The van der Waals surface area contributed by atoms with Crippen molar-refractivity contribution in [2.24, 2.45) is 5.92 Å². The maximum absolute atomic E-state index is 11.2. The Balaban J connectivity index is 1.98. The van der Waals surface area contributed by atoms with Crippen molar-refractivity contribution < 1.29 is 9.53 Å². The van der Waals surface area contributed by atoms with Crippen LogP contribution in [-0.4, -0.2) is 43.8 Å². The molecule has 12 heavy (non-hydrogen) atoms. The van der Waals surface area contributed by atoms with Gasteiger partial charge in [-0.2, -0.15) is 0 Å². The highest BCUT2D eigenvalue weighted by atomic mass is 16.5. The highest BCUT2D eigenvalue weighted by molar-refractivity contribution is 5.67. The van der Waals surface area contributed by atoms with Gasteiger partial charge in [-0.25, -0.2) is 4.79 Å². The van der Waals surface area contributed by atoms with Crippen molar-refractivity contribution >= 4 is 6.09 Å². The molecule has 2 atom stereocenters. The average molecular weight is 170 g/mol. The summed E-state index contributed by atoms with van der Waals surface area (Å²) in [5.74, 6) is 0.642. The summed E-state index contributed by atoms with van der Waals surface area (Å²) in [7, 11) is 1.44. The molecule has 2 heterocycles. The second-order valence-electron chi connectivity index (χ2n) is 3.58. The van der Waals surface area contributed by atoms with Crippen LogP contribution in [0.25, 0.3) is 0 Å². The van der Waals surface area contributed by atoms with Gasteiger partial charge in [0.2, 0.25) is 0 Å². The minimum atomic E-state index is -0.187. The zero-order chi connectivity index (χ0) is 8.55. The number of methoxy groups -OCH3 is 1. The van der Waals surface area contributed by atoms with E-state index in [1.165, 1.54) is 13.5 Å². The SMILES string of the molecule is COC(=O)N1CC2CNC(C2)C1. The third-order valence-corrected chi connectivity index (χ3v) is 2.67. The number of fused-ring (bicyclic) bond motifs is 2. The smallest absolute Gasteiger partial charge is 0.409 e. The Bertz CT molecular complexity index is 183. The van der Waals surface area contributed by atoms with Crippen LogP contribution in [0.4, 0.5) is 4.79 Å². The van der Waals surface area contributed by atoms with E-state index in [2.05, 4.69) is 10.1 Å². The van der Waals surface area contributed by atoms with Crippen molar-refractivity contribution in [3.63, 3.8) is 0 Å². The van der Waals surface area contributed by atoms with Crippen LogP contribution in [0, 0.1) is 5.92 Å². The molecule has 0 spiro atoms. The van der Waals surface area contributed by atoms with Gasteiger partial charge in [-0.1, -0.05) is 0 Å². The number of carbonyl (C=O) groups is 1. The van der Waals surface area contributed by atoms with Gasteiger partial charge in [0.1, 0.15) is 0 Å². The Hall–Kier alpha value is -0.770. The van der Waals surface area contributed by atoms with Crippen molar-refractivity contribution in [2.45, 2.75) is 12.5 Å². The van der Waals surface area contributed by atoms with E-state index in [0.29, 0.717) is 12.0 Å². The number of likely N-dealkylation sites (tertiary alicyclic amines) is 1.